The molecule has 1 aliphatic carbocycles. The second kappa shape index (κ2) is 10.4. The number of likely N-dealkylation sites (tertiary alicyclic amines) is 1. The van der Waals surface area contributed by atoms with Crippen LogP contribution in [0.5, 0.6) is 0 Å². The van der Waals surface area contributed by atoms with Crippen molar-refractivity contribution in [1.29, 1.82) is 0 Å². The summed E-state index contributed by atoms with van der Waals surface area (Å²) in [7, 11) is 0. The van der Waals surface area contributed by atoms with Gasteiger partial charge in [-0.15, -0.1) is 12.4 Å². The smallest absolute Gasteiger partial charge is 0.319 e. The van der Waals surface area contributed by atoms with E-state index in [1.165, 1.54) is 12.8 Å². The van der Waals surface area contributed by atoms with Crippen molar-refractivity contribution in [3.05, 3.63) is 30.3 Å². The van der Waals surface area contributed by atoms with E-state index >= 15 is 0 Å². The molecule has 0 aromatic heterocycles. The van der Waals surface area contributed by atoms with E-state index in [4.69, 9.17) is 0 Å². The molecule has 7 heteroatoms. The Bertz CT molecular complexity index is 580. The van der Waals surface area contributed by atoms with Crippen LogP contribution >= 0.6 is 12.4 Å². The van der Waals surface area contributed by atoms with Gasteiger partial charge in [-0.2, -0.15) is 0 Å². The second-order valence-electron chi connectivity index (χ2n) is 7.01. The number of para-hydroxylation sites is 1. The third kappa shape index (κ3) is 6.50. The first-order valence-electron chi connectivity index (χ1n) is 9.32. The van der Waals surface area contributed by atoms with E-state index in [9.17, 15) is 9.59 Å². The predicted octanol–water partition coefficient (Wildman–Crippen LogP) is 2.61. The molecule has 2 aliphatic rings. The van der Waals surface area contributed by atoms with Gasteiger partial charge < -0.3 is 20.9 Å². The molecule has 26 heavy (non-hydrogen) atoms. The number of halogens is 1. The summed E-state index contributed by atoms with van der Waals surface area (Å²) in [5.41, 5.74) is 0.765. The van der Waals surface area contributed by atoms with E-state index in [2.05, 4.69) is 16.0 Å². The molecule has 3 rings (SSSR count). The average Bonchev–Trinajstić information content (AvgIpc) is 3.45. The average molecular weight is 381 g/mol. The van der Waals surface area contributed by atoms with Crippen LogP contribution in [0.2, 0.25) is 0 Å². The topological polar surface area (TPSA) is 73.5 Å². The van der Waals surface area contributed by atoms with Crippen LogP contribution in [0.1, 0.15) is 32.1 Å². The van der Waals surface area contributed by atoms with E-state index < -0.39 is 0 Å². The molecule has 1 unspecified atom stereocenters. The van der Waals surface area contributed by atoms with Gasteiger partial charge in [-0.25, -0.2) is 4.79 Å². The normalized spacial score (nSPS) is 19.4. The number of hydrogen-bond acceptors (Lipinski definition) is 3. The molecular weight excluding hydrogens is 352 g/mol. The third-order valence-corrected chi connectivity index (χ3v) is 4.88. The molecule has 1 aromatic carbocycles. The van der Waals surface area contributed by atoms with E-state index in [-0.39, 0.29) is 30.4 Å². The Morgan fingerprint density at radius 2 is 1.81 bits per heavy atom. The highest BCUT2D eigenvalue weighted by Gasteiger charge is 2.27. The first kappa shape index (κ1) is 20.5. The quantitative estimate of drug-likeness (QED) is 0.680. The van der Waals surface area contributed by atoms with Crippen molar-refractivity contribution in [2.24, 2.45) is 5.92 Å². The van der Waals surface area contributed by atoms with Gasteiger partial charge in [-0.05, 0) is 56.7 Å². The van der Waals surface area contributed by atoms with Crippen LogP contribution in [0.3, 0.4) is 0 Å². The van der Waals surface area contributed by atoms with E-state index in [0.717, 1.165) is 44.0 Å². The number of anilines is 1. The van der Waals surface area contributed by atoms with Gasteiger partial charge in [0, 0.05) is 24.8 Å². The minimum Gasteiger partial charge on any atom is -0.337 e. The Hall–Kier alpha value is -1.79. The summed E-state index contributed by atoms with van der Waals surface area (Å²) in [5.74, 6) is 0.920. The number of nitrogens with zero attached hydrogens (tertiary/aromatic N) is 1. The Kier molecular flexibility index (Phi) is 8.19. The number of carbonyl (C=O) groups is 2. The van der Waals surface area contributed by atoms with Crippen LogP contribution in [-0.4, -0.2) is 49.1 Å². The van der Waals surface area contributed by atoms with E-state index in [1.54, 1.807) is 0 Å². The van der Waals surface area contributed by atoms with E-state index in [0.29, 0.717) is 13.1 Å². The highest BCUT2D eigenvalue weighted by Crippen LogP contribution is 2.27. The summed E-state index contributed by atoms with van der Waals surface area (Å²) in [4.78, 5) is 26.5. The van der Waals surface area contributed by atoms with Crippen molar-refractivity contribution < 1.29 is 9.59 Å². The van der Waals surface area contributed by atoms with Gasteiger partial charge in [0.25, 0.3) is 0 Å². The molecule has 1 saturated heterocycles. The molecule has 1 aliphatic heterocycles. The molecule has 1 saturated carbocycles. The molecule has 0 bridgehead atoms. The summed E-state index contributed by atoms with van der Waals surface area (Å²) in [6.45, 7) is 2.63. The fourth-order valence-electron chi connectivity index (χ4n) is 3.26. The van der Waals surface area contributed by atoms with E-state index in [1.807, 2.05) is 35.2 Å². The van der Waals surface area contributed by atoms with Gasteiger partial charge in [0.05, 0.1) is 6.54 Å². The monoisotopic (exact) mass is 380 g/mol. The van der Waals surface area contributed by atoms with Crippen LogP contribution in [0.15, 0.2) is 30.3 Å². The zero-order valence-electron chi connectivity index (χ0n) is 15.1. The number of urea groups is 1. The molecule has 0 radical (unpaired) electrons. The fourth-order valence-corrected chi connectivity index (χ4v) is 3.26. The van der Waals surface area contributed by atoms with Crippen molar-refractivity contribution in [1.82, 2.24) is 15.5 Å². The lowest BCUT2D eigenvalue weighted by Crippen LogP contribution is -2.52. The summed E-state index contributed by atoms with van der Waals surface area (Å²) in [6, 6.07) is 9.23. The van der Waals surface area contributed by atoms with Gasteiger partial charge in [-0.3, -0.25) is 4.79 Å². The molecule has 3 N–H and O–H groups in total. The molecule has 0 spiro atoms. The number of piperidine rings is 1. The molecule has 1 aromatic rings. The minimum absolute atomic E-state index is 0. The van der Waals surface area contributed by atoms with Crippen LogP contribution in [-0.2, 0) is 4.79 Å². The van der Waals surface area contributed by atoms with Crippen LogP contribution < -0.4 is 16.0 Å². The van der Waals surface area contributed by atoms with Gasteiger partial charge in [0.1, 0.15) is 0 Å². The lowest BCUT2D eigenvalue weighted by Gasteiger charge is -2.36. The van der Waals surface area contributed by atoms with Crippen molar-refractivity contribution in [3.63, 3.8) is 0 Å². The van der Waals surface area contributed by atoms with Crippen molar-refractivity contribution in [2.75, 3.05) is 31.5 Å². The molecule has 3 amide bonds. The maximum Gasteiger partial charge on any atom is 0.319 e. The second-order valence-corrected chi connectivity index (χ2v) is 7.01. The van der Waals surface area contributed by atoms with Gasteiger partial charge in [0.2, 0.25) is 5.91 Å². The summed E-state index contributed by atoms with van der Waals surface area (Å²) >= 11 is 0. The van der Waals surface area contributed by atoms with Crippen LogP contribution in [0, 0.1) is 5.92 Å². The summed E-state index contributed by atoms with van der Waals surface area (Å²) in [5, 5.41) is 8.99. The van der Waals surface area contributed by atoms with Crippen LogP contribution in [0.25, 0.3) is 0 Å². The lowest BCUT2D eigenvalue weighted by atomic mass is 10.0. The highest BCUT2D eigenvalue weighted by atomic mass is 35.5. The fraction of sp³-hybridized carbons (Fsp3) is 0.579. The number of amides is 3. The third-order valence-electron chi connectivity index (χ3n) is 4.88. The summed E-state index contributed by atoms with van der Waals surface area (Å²) < 4.78 is 0. The Morgan fingerprint density at radius 1 is 1.04 bits per heavy atom. The maximum absolute atomic E-state index is 12.5. The molecular formula is C19H29ClN4O2. The van der Waals surface area contributed by atoms with Crippen molar-refractivity contribution in [2.45, 2.75) is 38.1 Å². The van der Waals surface area contributed by atoms with Gasteiger partial charge in [0.15, 0.2) is 0 Å². The zero-order valence-corrected chi connectivity index (χ0v) is 15.9. The Balaban J connectivity index is 0.00000243. The number of hydrogen-bond donors (Lipinski definition) is 3. The molecule has 6 nitrogen and oxygen atoms in total. The molecule has 144 valence electrons. The first-order chi connectivity index (χ1) is 12.2. The molecule has 2 fully saturated rings. The van der Waals surface area contributed by atoms with Crippen LogP contribution in [0.4, 0.5) is 10.5 Å². The SMILES string of the molecule is Cl.O=C(NCC1CCCCN1C(=O)CNCC1CC1)Nc1ccccc1. The Labute approximate surface area is 161 Å². The van der Waals surface area contributed by atoms with Crippen molar-refractivity contribution in [3.8, 4) is 0 Å². The maximum atomic E-state index is 12.5. The number of benzene rings is 1. The standard InChI is InChI=1S/C19H28N4O2.ClH/c24-18(14-20-12-15-9-10-15)23-11-5-4-8-17(23)13-21-19(25)22-16-6-2-1-3-7-16;/h1-3,6-7,15,17,20H,4-5,8-14H2,(H2,21,22,25);1H. The lowest BCUT2D eigenvalue weighted by molar-refractivity contribution is -0.133. The number of nitrogens with one attached hydrogen (secondary N) is 3. The number of carbonyl (C=O) groups excluding carboxylic acids is 2. The minimum atomic E-state index is -0.226. The van der Waals surface area contributed by atoms with Gasteiger partial charge >= 0.3 is 6.03 Å². The molecule has 1 atom stereocenters. The largest absolute Gasteiger partial charge is 0.337 e. The predicted molar refractivity (Wildman–Crippen MR) is 106 cm³/mol. The highest BCUT2D eigenvalue weighted by molar-refractivity contribution is 5.89. The summed E-state index contributed by atoms with van der Waals surface area (Å²) in [6.07, 6.45) is 5.66. The van der Waals surface area contributed by atoms with Crippen molar-refractivity contribution >= 4 is 30.0 Å². The Morgan fingerprint density at radius 3 is 2.54 bits per heavy atom. The van der Waals surface area contributed by atoms with Gasteiger partial charge in [-0.1, -0.05) is 18.2 Å². The molecule has 1 heterocycles. The first-order valence-corrected chi connectivity index (χ1v) is 9.32. The zero-order chi connectivity index (χ0) is 17.5. The number of rotatable bonds is 7.